The maximum Gasteiger partial charge on any atom is 0.266 e. The van der Waals surface area contributed by atoms with E-state index in [9.17, 15) is 9.18 Å². The summed E-state index contributed by atoms with van der Waals surface area (Å²) in [6, 6.07) is 7.60. The number of hydrogen-bond donors (Lipinski definition) is 2. The lowest BCUT2D eigenvalue weighted by Crippen LogP contribution is -2.30. The predicted octanol–water partition coefficient (Wildman–Crippen LogP) is 2.17. The van der Waals surface area contributed by atoms with Crippen molar-refractivity contribution in [1.29, 1.82) is 0 Å². The minimum Gasteiger partial charge on any atom is -0.484 e. The van der Waals surface area contributed by atoms with Crippen LogP contribution < -0.4 is 16.0 Å². The summed E-state index contributed by atoms with van der Waals surface area (Å²) in [7, 11) is 0. The summed E-state index contributed by atoms with van der Waals surface area (Å²) in [5, 5.41) is 0. The first-order chi connectivity index (χ1) is 9.60. The number of halogens is 2. The van der Waals surface area contributed by atoms with Crippen LogP contribution >= 0.6 is 15.9 Å². The first-order valence-corrected chi connectivity index (χ1v) is 6.43. The number of nitrogens with one attached hydrogen (secondary N) is 1. The van der Waals surface area contributed by atoms with Gasteiger partial charge in [0.2, 0.25) is 0 Å². The summed E-state index contributed by atoms with van der Waals surface area (Å²) in [4.78, 5) is 15.3. The van der Waals surface area contributed by atoms with E-state index in [0.717, 1.165) is 4.47 Å². The van der Waals surface area contributed by atoms with E-state index in [4.69, 9.17) is 10.6 Å². The summed E-state index contributed by atoms with van der Waals surface area (Å²) < 4.78 is 19.5. The topological polar surface area (TPSA) is 77.2 Å². The molecule has 3 N–H and O–H groups in total. The number of pyridine rings is 1. The quantitative estimate of drug-likeness (QED) is 0.508. The third kappa shape index (κ3) is 3.52. The lowest BCUT2D eigenvalue weighted by atomic mass is 10.2. The molecule has 0 aliphatic rings. The zero-order chi connectivity index (χ0) is 14.5. The molecule has 0 saturated carbocycles. The van der Waals surface area contributed by atoms with Gasteiger partial charge in [0.25, 0.3) is 5.91 Å². The molecule has 1 amide bonds. The van der Waals surface area contributed by atoms with Gasteiger partial charge in [-0.25, -0.2) is 10.2 Å². The van der Waals surface area contributed by atoms with Gasteiger partial charge in [-0.3, -0.25) is 15.2 Å². The number of hydrazine groups is 1. The monoisotopic (exact) mass is 339 g/mol. The van der Waals surface area contributed by atoms with Gasteiger partial charge in [0.15, 0.2) is 11.6 Å². The van der Waals surface area contributed by atoms with E-state index in [2.05, 4.69) is 20.9 Å². The van der Waals surface area contributed by atoms with Crippen LogP contribution in [-0.2, 0) is 6.61 Å². The van der Waals surface area contributed by atoms with Crippen molar-refractivity contribution in [3.05, 3.63) is 58.1 Å². The molecule has 2 rings (SSSR count). The van der Waals surface area contributed by atoms with Crippen LogP contribution in [-0.4, -0.2) is 10.9 Å². The highest BCUT2D eigenvalue weighted by Gasteiger charge is 2.07. The molecule has 104 valence electrons. The van der Waals surface area contributed by atoms with Crippen LogP contribution in [0, 0.1) is 5.82 Å². The largest absolute Gasteiger partial charge is 0.484 e. The predicted molar refractivity (Wildman–Crippen MR) is 74.3 cm³/mol. The molecule has 0 aliphatic heterocycles. The van der Waals surface area contributed by atoms with Crippen LogP contribution in [0.15, 0.2) is 41.0 Å². The summed E-state index contributed by atoms with van der Waals surface area (Å²) in [5.74, 6) is 4.26. The van der Waals surface area contributed by atoms with E-state index in [0.29, 0.717) is 11.3 Å². The second kappa shape index (κ2) is 6.44. The normalized spacial score (nSPS) is 10.2. The standard InChI is InChI=1S/C13H11BrFN3O2/c14-9-2-4-11(15)12(5-9)20-7-10-3-1-8(6-17-10)13(19)18-16/h1-6H,7,16H2,(H,18,19). The highest BCUT2D eigenvalue weighted by Crippen LogP contribution is 2.22. The number of carbonyl (C=O) groups excluding carboxylic acids is 1. The molecule has 0 spiro atoms. The van der Waals surface area contributed by atoms with E-state index in [1.54, 1.807) is 18.2 Å². The Bertz CT molecular complexity index is 620. The average Bonchev–Trinajstić information content (AvgIpc) is 2.48. The van der Waals surface area contributed by atoms with Crippen LogP contribution in [0.4, 0.5) is 4.39 Å². The summed E-state index contributed by atoms with van der Waals surface area (Å²) in [6.07, 6.45) is 1.37. The third-order valence-corrected chi connectivity index (χ3v) is 2.98. The number of benzene rings is 1. The van der Waals surface area contributed by atoms with E-state index < -0.39 is 11.7 Å². The number of hydrogen-bond acceptors (Lipinski definition) is 4. The van der Waals surface area contributed by atoms with Crippen LogP contribution in [0.25, 0.3) is 0 Å². The second-order valence-electron chi connectivity index (χ2n) is 3.88. The van der Waals surface area contributed by atoms with E-state index in [-0.39, 0.29) is 12.4 Å². The highest BCUT2D eigenvalue weighted by atomic mass is 79.9. The van der Waals surface area contributed by atoms with Crippen molar-refractivity contribution >= 4 is 21.8 Å². The van der Waals surface area contributed by atoms with Gasteiger partial charge in [0.1, 0.15) is 6.61 Å². The van der Waals surface area contributed by atoms with Crippen molar-refractivity contribution in [2.75, 3.05) is 0 Å². The van der Waals surface area contributed by atoms with Gasteiger partial charge >= 0.3 is 0 Å². The molecule has 20 heavy (non-hydrogen) atoms. The molecule has 0 radical (unpaired) electrons. The number of rotatable bonds is 4. The Balaban J connectivity index is 2.04. The maximum absolute atomic E-state index is 13.5. The van der Waals surface area contributed by atoms with Crippen LogP contribution in [0.2, 0.25) is 0 Å². The fraction of sp³-hybridized carbons (Fsp3) is 0.0769. The average molecular weight is 340 g/mol. The first kappa shape index (κ1) is 14.4. The Labute approximate surface area is 123 Å². The number of aromatic nitrogens is 1. The molecule has 5 nitrogen and oxygen atoms in total. The SMILES string of the molecule is NNC(=O)c1ccc(COc2cc(Br)ccc2F)nc1. The van der Waals surface area contributed by atoms with E-state index >= 15 is 0 Å². The molecular formula is C13H11BrFN3O2. The molecule has 0 bridgehead atoms. The third-order valence-electron chi connectivity index (χ3n) is 2.49. The number of nitrogens with zero attached hydrogens (tertiary/aromatic N) is 1. The minimum atomic E-state index is -0.452. The van der Waals surface area contributed by atoms with Crippen molar-refractivity contribution < 1.29 is 13.9 Å². The number of nitrogen functional groups attached to an aromatic ring is 1. The van der Waals surface area contributed by atoms with Gasteiger partial charge in [-0.1, -0.05) is 15.9 Å². The van der Waals surface area contributed by atoms with E-state index in [1.165, 1.54) is 18.3 Å². The summed E-state index contributed by atoms with van der Waals surface area (Å²) in [6.45, 7) is 0.0951. The Kier molecular flexibility index (Phi) is 4.65. The Hall–Kier alpha value is -1.99. The van der Waals surface area contributed by atoms with Crippen molar-refractivity contribution in [2.45, 2.75) is 6.61 Å². The van der Waals surface area contributed by atoms with Crippen LogP contribution in [0.1, 0.15) is 16.1 Å². The Morgan fingerprint density at radius 1 is 1.40 bits per heavy atom. The molecule has 1 heterocycles. The van der Waals surface area contributed by atoms with Gasteiger partial charge in [-0.05, 0) is 30.3 Å². The van der Waals surface area contributed by atoms with Crippen LogP contribution in [0.3, 0.4) is 0 Å². The Morgan fingerprint density at radius 3 is 2.85 bits per heavy atom. The van der Waals surface area contributed by atoms with Gasteiger partial charge in [-0.15, -0.1) is 0 Å². The van der Waals surface area contributed by atoms with Crippen molar-refractivity contribution in [2.24, 2.45) is 5.84 Å². The molecule has 0 saturated heterocycles. The second-order valence-corrected chi connectivity index (χ2v) is 4.79. The van der Waals surface area contributed by atoms with Gasteiger partial charge in [-0.2, -0.15) is 0 Å². The summed E-state index contributed by atoms with van der Waals surface area (Å²) in [5.41, 5.74) is 2.91. The Morgan fingerprint density at radius 2 is 2.20 bits per heavy atom. The molecule has 1 aromatic carbocycles. The number of carbonyl (C=O) groups is 1. The zero-order valence-corrected chi connectivity index (χ0v) is 11.9. The zero-order valence-electron chi connectivity index (χ0n) is 10.3. The number of nitrogens with two attached hydrogens (primary N) is 1. The first-order valence-electron chi connectivity index (χ1n) is 5.64. The van der Waals surface area contributed by atoms with E-state index in [1.807, 2.05) is 5.43 Å². The number of ether oxygens (including phenoxy) is 1. The van der Waals surface area contributed by atoms with Gasteiger partial charge in [0.05, 0.1) is 11.3 Å². The molecule has 0 atom stereocenters. The lowest BCUT2D eigenvalue weighted by Gasteiger charge is -2.07. The summed E-state index contributed by atoms with van der Waals surface area (Å²) >= 11 is 3.24. The fourth-order valence-electron chi connectivity index (χ4n) is 1.47. The van der Waals surface area contributed by atoms with Crippen molar-refractivity contribution in [3.8, 4) is 5.75 Å². The number of amides is 1. The highest BCUT2D eigenvalue weighted by molar-refractivity contribution is 9.10. The minimum absolute atomic E-state index is 0.0951. The van der Waals surface area contributed by atoms with Gasteiger partial charge in [0, 0.05) is 10.7 Å². The molecule has 7 heteroatoms. The molecule has 0 unspecified atom stereocenters. The molecule has 1 aromatic heterocycles. The van der Waals surface area contributed by atoms with Crippen molar-refractivity contribution in [3.63, 3.8) is 0 Å². The molecule has 0 aliphatic carbocycles. The lowest BCUT2D eigenvalue weighted by molar-refractivity contribution is 0.0953. The van der Waals surface area contributed by atoms with Gasteiger partial charge < -0.3 is 4.74 Å². The fourth-order valence-corrected chi connectivity index (χ4v) is 1.81. The molecule has 0 fully saturated rings. The van der Waals surface area contributed by atoms with Crippen LogP contribution in [0.5, 0.6) is 5.75 Å². The van der Waals surface area contributed by atoms with Crippen molar-refractivity contribution in [1.82, 2.24) is 10.4 Å². The molecule has 2 aromatic rings. The maximum atomic E-state index is 13.5. The molecular weight excluding hydrogens is 329 g/mol. The smallest absolute Gasteiger partial charge is 0.266 e.